The van der Waals surface area contributed by atoms with Crippen LogP contribution in [-0.4, -0.2) is 37.6 Å². The molecule has 0 N–H and O–H groups in total. The summed E-state index contributed by atoms with van der Waals surface area (Å²) in [5.41, 5.74) is 0.642. The van der Waals surface area contributed by atoms with Crippen LogP contribution >= 0.6 is 15.9 Å². The van der Waals surface area contributed by atoms with Crippen LogP contribution in [0.4, 0.5) is 0 Å². The summed E-state index contributed by atoms with van der Waals surface area (Å²) >= 11 is 3.44. The number of amides is 1. The van der Waals surface area contributed by atoms with Gasteiger partial charge in [0, 0.05) is 18.7 Å². The number of benzene rings is 1. The van der Waals surface area contributed by atoms with Crippen LogP contribution in [0, 0.1) is 0 Å². The van der Waals surface area contributed by atoms with Crippen LogP contribution in [0.3, 0.4) is 0 Å². The molecule has 0 saturated carbocycles. The second-order valence-corrected chi connectivity index (χ2v) is 5.63. The third-order valence-electron chi connectivity index (χ3n) is 3.40. The fourth-order valence-electron chi connectivity index (χ4n) is 2.43. The zero-order valence-electron chi connectivity index (χ0n) is 11.9. The number of piperidine rings is 1. The Morgan fingerprint density at radius 2 is 2.00 bits per heavy atom. The van der Waals surface area contributed by atoms with Crippen molar-refractivity contribution in [3.8, 4) is 11.5 Å². The number of hydrogen-bond donors (Lipinski definition) is 0. The molecule has 0 radical (unpaired) electrons. The number of nitrogens with zero attached hydrogens (tertiary/aromatic N) is 1. The molecule has 5 heteroatoms. The van der Waals surface area contributed by atoms with Crippen LogP contribution in [0.15, 0.2) is 16.6 Å². The van der Waals surface area contributed by atoms with Crippen molar-refractivity contribution in [3.63, 3.8) is 0 Å². The summed E-state index contributed by atoms with van der Waals surface area (Å²) in [4.78, 5) is 14.4. The molecule has 0 bridgehead atoms. The van der Waals surface area contributed by atoms with Gasteiger partial charge < -0.3 is 14.4 Å². The number of carbonyl (C=O) groups excluding carboxylic acids is 1. The van der Waals surface area contributed by atoms with E-state index in [9.17, 15) is 4.79 Å². The molecule has 1 aliphatic heterocycles. The first-order valence-electron chi connectivity index (χ1n) is 6.97. The van der Waals surface area contributed by atoms with E-state index in [0.29, 0.717) is 23.7 Å². The number of carbonyl (C=O) groups is 1. The summed E-state index contributed by atoms with van der Waals surface area (Å²) in [5, 5.41) is 0. The molecule has 0 spiro atoms. The fourth-order valence-corrected chi connectivity index (χ4v) is 3.04. The molecule has 1 aromatic carbocycles. The highest BCUT2D eigenvalue weighted by Crippen LogP contribution is 2.37. The highest BCUT2D eigenvalue weighted by atomic mass is 79.9. The van der Waals surface area contributed by atoms with Crippen LogP contribution < -0.4 is 9.47 Å². The molecule has 1 aliphatic rings. The predicted molar refractivity (Wildman–Crippen MR) is 81.6 cm³/mol. The molecule has 1 heterocycles. The average Bonchev–Trinajstić information content (AvgIpc) is 2.47. The molecule has 110 valence electrons. The van der Waals surface area contributed by atoms with E-state index in [1.165, 1.54) is 6.42 Å². The smallest absolute Gasteiger partial charge is 0.254 e. The Morgan fingerprint density at radius 1 is 1.30 bits per heavy atom. The molecule has 0 atom stereocenters. The lowest BCUT2D eigenvalue weighted by Gasteiger charge is -2.27. The highest BCUT2D eigenvalue weighted by molar-refractivity contribution is 9.10. The molecule has 2 rings (SSSR count). The Morgan fingerprint density at radius 3 is 2.60 bits per heavy atom. The Kier molecular flexibility index (Phi) is 5.29. The van der Waals surface area contributed by atoms with Crippen LogP contribution in [0.2, 0.25) is 0 Å². The molecule has 1 amide bonds. The van der Waals surface area contributed by atoms with E-state index < -0.39 is 0 Å². The van der Waals surface area contributed by atoms with Gasteiger partial charge >= 0.3 is 0 Å². The molecule has 0 aromatic heterocycles. The van der Waals surface area contributed by atoms with Crippen LogP contribution in [-0.2, 0) is 0 Å². The van der Waals surface area contributed by atoms with Gasteiger partial charge in [-0.05, 0) is 54.2 Å². The van der Waals surface area contributed by atoms with Crippen molar-refractivity contribution >= 4 is 21.8 Å². The normalized spacial score (nSPS) is 15.1. The fraction of sp³-hybridized carbons (Fsp3) is 0.533. The maximum Gasteiger partial charge on any atom is 0.254 e. The van der Waals surface area contributed by atoms with Crippen LogP contribution in [0.1, 0.15) is 36.5 Å². The highest BCUT2D eigenvalue weighted by Gasteiger charge is 2.21. The molecule has 0 unspecified atom stereocenters. The SMILES string of the molecule is CCOc1cc(C(=O)N2CCCCC2)cc(Br)c1OC. The minimum absolute atomic E-state index is 0.0639. The Labute approximate surface area is 128 Å². The van der Waals surface area contributed by atoms with Crippen molar-refractivity contribution in [2.24, 2.45) is 0 Å². The van der Waals surface area contributed by atoms with Gasteiger partial charge in [0.15, 0.2) is 11.5 Å². The third kappa shape index (κ3) is 3.26. The van der Waals surface area contributed by atoms with Crippen molar-refractivity contribution < 1.29 is 14.3 Å². The first-order chi connectivity index (χ1) is 9.67. The molecule has 1 saturated heterocycles. The van der Waals surface area contributed by atoms with E-state index >= 15 is 0 Å². The van der Waals surface area contributed by atoms with Crippen molar-refractivity contribution in [1.29, 1.82) is 0 Å². The summed E-state index contributed by atoms with van der Waals surface area (Å²) in [6.07, 6.45) is 3.38. The number of likely N-dealkylation sites (tertiary alicyclic amines) is 1. The first kappa shape index (κ1) is 15.2. The summed E-state index contributed by atoms with van der Waals surface area (Å²) in [5.74, 6) is 1.29. The molecular weight excluding hydrogens is 322 g/mol. The van der Waals surface area contributed by atoms with Gasteiger partial charge in [-0.3, -0.25) is 4.79 Å². The molecule has 4 nitrogen and oxygen atoms in total. The van der Waals surface area contributed by atoms with Gasteiger partial charge in [-0.25, -0.2) is 0 Å². The van der Waals surface area contributed by atoms with E-state index in [4.69, 9.17) is 9.47 Å². The maximum atomic E-state index is 12.5. The quantitative estimate of drug-likeness (QED) is 0.841. The van der Waals surface area contributed by atoms with E-state index in [1.807, 2.05) is 11.8 Å². The Balaban J connectivity index is 2.29. The molecule has 0 aliphatic carbocycles. The molecule has 20 heavy (non-hydrogen) atoms. The largest absolute Gasteiger partial charge is 0.492 e. The predicted octanol–water partition coefficient (Wildman–Crippen LogP) is 3.48. The van der Waals surface area contributed by atoms with Gasteiger partial charge in [-0.2, -0.15) is 0 Å². The summed E-state index contributed by atoms with van der Waals surface area (Å²) in [6, 6.07) is 3.57. The zero-order valence-corrected chi connectivity index (χ0v) is 13.5. The third-order valence-corrected chi connectivity index (χ3v) is 3.99. The van der Waals surface area contributed by atoms with Gasteiger partial charge in [-0.1, -0.05) is 0 Å². The van der Waals surface area contributed by atoms with Crippen LogP contribution in [0.5, 0.6) is 11.5 Å². The summed E-state index contributed by atoms with van der Waals surface area (Å²) in [7, 11) is 1.59. The lowest BCUT2D eigenvalue weighted by Crippen LogP contribution is -2.35. The minimum atomic E-state index is 0.0639. The van der Waals surface area contributed by atoms with Gasteiger partial charge in [0.25, 0.3) is 5.91 Å². The number of hydrogen-bond acceptors (Lipinski definition) is 3. The number of ether oxygens (including phenoxy) is 2. The van der Waals surface area contributed by atoms with E-state index in [1.54, 1.807) is 19.2 Å². The van der Waals surface area contributed by atoms with Crippen molar-refractivity contribution in [1.82, 2.24) is 4.90 Å². The maximum absolute atomic E-state index is 12.5. The van der Waals surface area contributed by atoms with Gasteiger partial charge in [-0.15, -0.1) is 0 Å². The first-order valence-corrected chi connectivity index (χ1v) is 7.76. The second-order valence-electron chi connectivity index (χ2n) is 4.78. The zero-order chi connectivity index (χ0) is 14.5. The van der Waals surface area contributed by atoms with E-state index in [-0.39, 0.29) is 5.91 Å². The van der Waals surface area contributed by atoms with E-state index in [0.717, 1.165) is 30.4 Å². The van der Waals surface area contributed by atoms with Gasteiger partial charge in [0.05, 0.1) is 18.2 Å². The number of methoxy groups -OCH3 is 1. The number of rotatable bonds is 4. The second kappa shape index (κ2) is 6.97. The lowest BCUT2D eigenvalue weighted by atomic mass is 10.1. The van der Waals surface area contributed by atoms with Gasteiger partial charge in [0.2, 0.25) is 0 Å². The van der Waals surface area contributed by atoms with Gasteiger partial charge in [0.1, 0.15) is 0 Å². The van der Waals surface area contributed by atoms with E-state index in [2.05, 4.69) is 15.9 Å². The standard InChI is InChI=1S/C15H20BrNO3/c1-3-20-13-10-11(9-12(16)14(13)19-2)15(18)17-7-5-4-6-8-17/h9-10H,3-8H2,1-2H3. The summed E-state index contributed by atoms with van der Waals surface area (Å²) < 4.78 is 11.6. The Bertz CT molecular complexity index is 484. The van der Waals surface area contributed by atoms with Crippen LogP contribution in [0.25, 0.3) is 0 Å². The van der Waals surface area contributed by atoms with Crippen molar-refractivity contribution in [2.45, 2.75) is 26.2 Å². The Hall–Kier alpha value is -1.23. The monoisotopic (exact) mass is 341 g/mol. The number of halogens is 1. The lowest BCUT2D eigenvalue weighted by molar-refractivity contribution is 0.0723. The topological polar surface area (TPSA) is 38.8 Å². The molecule has 1 aromatic rings. The molecular formula is C15H20BrNO3. The van der Waals surface area contributed by atoms with Crippen molar-refractivity contribution in [2.75, 3.05) is 26.8 Å². The average molecular weight is 342 g/mol. The molecule has 1 fully saturated rings. The minimum Gasteiger partial charge on any atom is -0.492 e. The summed E-state index contributed by atoms with van der Waals surface area (Å²) in [6.45, 7) is 4.12. The van der Waals surface area contributed by atoms with Crippen molar-refractivity contribution in [3.05, 3.63) is 22.2 Å².